The Morgan fingerprint density at radius 1 is 0.614 bits per heavy atom. The maximum absolute atomic E-state index is 6.88. The average Bonchev–Trinajstić information content (AvgIpc) is 3.65. The first kappa shape index (κ1) is 26.7. The molecule has 3 heteroatoms. The first-order valence-electron chi connectivity index (χ1n) is 14.8. The number of para-hydroxylation sites is 1. The minimum absolute atomic E-state index is 0.0577. The summed E-state index contributed by atoms with van der Waals surface area (Å²) in [5, 5.41) is 5.20. The van der Waals surface area contributed by atoms with Crippen LogP contribution in [0.5, 0.6) is 0 Å². The monoisotopic (exact) mass is 599 g/mol. The molecule has 0 spiro atoms. The van der Waals surface area contributed by atoms with Crippen LogP contribution in [0, 0.1) is 0 Å². The summed E-state index contributed by atoms with van der Waals surface area (Å²) < 4.78 is 5.21. The number of hydrogen-bond donors (Lipinski definition) is 1. The quantitative estimate of drug-likeness (QED) is 0.149. The molecule has 0 saturated carbocycles. The molecule has 2 aromatic heterocycles. The molecule has 8 aromatic rings. The van der Waals surface area contributed by atoms with E-state index < -0.39 is 0 Å². The van der Waals surface area contributed by atoms with Crippen LogP contribution in [0.2, 0.25) is 0 Å². The van der Waals surface area contributed by atoms with Crippen molar-refractivity contribution < 1.29 is 0 Å². The Balaban J connectivity index is 1.63. The topological polar surface area (TPSA) is 26.0 Å². The van der Waals surface area contributed by atoms with Crippen LogP contribution in [0.15, 0.2) is 152 Å². The van der Waals surface area contributed by atoms with Gasteiger partial charge in [0.05, 0.1) is 0 Å². The maximum Gasteiger partial charge on any atom is 0.0455 e. The Labute approximate surface area is 264 Å². The molecule has 2 N–H and O–H groups in total. The number of nitrogen functional groups attached to an aromatic ring is 1. The third kappa shape index (κ3) is 4.28. The SMILES string of the molecule is C=C/C(=C\C(c1ccccc1)c1c(-c2ccccc2N)c2c3ccccc3sc2c2c1sc1ccccc12)c1ccccc1. The van der Waals surface area contributed by atoms with Gasteiger partial charge in [0.2, 0.25) is 0 Å². The fourth-order valence-electron chi connectivity index (χ4n) is 6.58. The van der Waals surface area contributed by atoms with Crippen LogP contribution in [0.3, 0.4) is 0 Å². The number of fused-ring (bicyclic) bond motifs is 7. The molecule has 0 bridgehead atoms. The lowest BCUT2D eigenvalue weighted by Gasteiger charge is -2.23. The van der Waals surface area contributed by atoms with Gasteiger partial charge in [-0.2, -0.15) is 0 Å². The molecule has 0 fully saturated rings. The van der Waals surface area contributed by atoms with Gasteiger partial charge in [0, 0.05) is 57.5 Å². The summed E-state index contributed by atoms with van der Waals surface area (Å²) in [6.45, 7) is 4.27. The Morgan fingerprint density at radius 3 is 1.86 bits per heavy atom. The van der Waals surface area contributed by atoms with Crippen LogP contribution in [0.25, 0.3) is 57.0 Å². The number of benzene rings is 6. The molecule has 6 aromatic carbocycles. The first-order valence-corrected chi connectivity index (χ1v) is 16.4. The molecule has 0 aliphatic rings. The van der Waals surface area contributed by atoms with Crippen molar-refractivity contribution in [2.75, 3.05) is 5.73 Å². The van der Waals surface area contributed by atoms with Crippen molar-refractivity contribution in [2.24, 2.45) is 0 Å². The van der Waals surface area contributed by atoms with Gasteiger partial charge >= 0.3 is 0 Å². The fourth-order valence-corrected chi connectivity index (χ4v) is 9.22. The van der Waals surface area contributed by atoms with Crippen LogP contribution in [0.1, 0.15) is 22.6 Å². The molecule has 0 aliphatic carbocycles. The van der Waals surface area contributed by atoms with E-state index in [1.165, 1.54) is 57.0 Å². The number of anilines is 1. The second-order valence-electron chi connectivity index (χ2n) is 11.1. The van der Waals surface area contributed by atoms with E-state index in [1.54, 1.807) is 0 Å². The highest BCUT2D eigenvalue weighted by molar-refractivity contribution is 7.30. The van der Waals surface area contributed by atoms with E-state index in [0.29, 0.717) is 0 Å². The van der Waals surface area contributed by atoms with E-state index in [0.717, 1.165) is 22.4 Å². The van der Waals surface area contributed by atoms with Crippen molar-refractivity contribution in [3.05, 3.63) is 169 Å². The number of allylic oxidation sites excluding steroid dienone is 3. The summed E-state index contributed by atoms with van der Waals surface area (Å²) in [5.74, 6) is -0.0577. The minimum atomic E-state index is -0.0577. The number of rotatable bonds is 6. The molecule has 0 aliphatic heterocycles. The van der Waals surface area contributed by atoms with Crippen LogP contribution in [-0.4, -0.2) is 0 Å². The van der Waals surface area contributed by atoms with E-state index >= 15 is 0 Å². The first-order chi connectivity index (χ1) is 21.7. The highest BCUT2D eigenvalue weighted by atomic mass is 32.1. The van der Waals surface area contributed by atoms with Gasteiger partial charge < -0.3 is 5.73 Å². The second kappa shape index (κ2) is 10.9. The molecule has 0 amide bonds. The molecule has 210 valence electrons. The zero-order valence-corrected chi connectivity index (χ0v) is 25.7. The third-order valence-corrected chi connectivity index (χ3v) is 10.9. The lowest BCUT2D eigenvalue weighted by molar-refractivity contribution is 1.05. The Hall–Kier alpha value is -4.96. The Bertz CT molecular complexity index is 2360. The smallest absolute Gasteiger partial charge is 0.0455 e. The molecule has 1 nitrogen and oxygen atoms in total. The predicted octanol–water partition coefficient (Wildman–Crippen LogP) is 12.1. The van der Waals surface area contributed by atoms with Crippen LogP contribution >= 0.6 is 22.7 Å². The summed E-state index contributed by atoms with van der Waals surface area (Å²) in [5.41, 5.74) is 14.7. The average molecular weight is 600 g/mol. The largest absolute Gasteiger partial charge is 0.398 e. The van der Waals surface area contributed by atoms with Gasteiger partial charge in [-0.3, -0.25) is 0 Å². The van der Waals surface area contributed by atoms with E-state index in [4.69, 9.17) is 5.73 Å². The molecule has 0 radical (unpaired) electrons. The van der Waals surface area contributed by atoms with Gasteiger partial charge in [-0.15, -0.1) is 22.7 Å². The lowest BCUT2D eigenvalue weighted by Crippen LogP contribution is -2.04. The van der Waals surface area contributed by atoms with Crippen molar-refractivity contribution >= 4 is 74.3 Å². The highest BCUT2D eigenvalue weighted by Gasteiger charge is 2.28. The standard InChI is InChI=1S/C41H29NS2/c1-2-26(27-15-5-3-6-16-27)25-32(28-17-7-4-8-18-28)38-36(29-19-9-12-22-33(29)42)37-30-20-10-13-23-34(30)43-40(37)39-31-21-11-14-24-35(31)44-41(38)39/h2-25,32H,1,42H2/b26-25+. The summed E-state index contributed by atoms with van der Waals surface area (Å²) in [6, 6.07) is 47.5. The highest BCUT2D eigenvalue weighted by Crippen LogP contribution is 2.54. The van der Waals surface area contributed by atoms with E-state index in [1.807, 2.05) is 40.9 Å². The third-order valence-electron chi connectivity index (χ3n) is 8.56. The fraction of sp³-hybridized carbons (Fsp3) is 0.0244. The summed E-state index contributed by atoms with van der Waals surface area (Å²) in [6.07, 6.45) is 4.39. The molecular weight excluding hydrogens is 571 g/mol. The molecule has 2 heterocycles. The second-order valence-corrected chi connectivity index (χ2v) is 13.2. The van der Waals surface area contributed by atoms with Gasteiger partial charge in [-0.1, -0.05) is 134 Å². The zero-order valence-electron chi connectivity index (χ0n) is 24.0. The molecule has 44 heavy (non-hydrogen) atoms. The molecule has 1 atom stereocenters. The van der Waals surface area contributed by atoms with Crippen LogP contribution in [-0.2, 0) is 0 Å². The van der Waals surface area contributed by atoms with Gasteiger partial charge in [-0.25, -0.2) is 0 Å². The van der Waals surface area contributed by atoms with Gasteiger partial charge in [0.25, 0.3) is 0 Å². The van der Waals surface area contributed by atoms with Gasteiger partial charge in [-0.05, 0) is 46.0 Å². The lowest BCUT2D eigenvalue weighted by atomic mass is 9.81. The Morgan fingerprint density at radius 2 is 1.18 bits per heavy atom. The van der Waals surface area contributed by atoms with E-state index in [-0.39, 0.29) is 5.92 Å². The van der Waals surface area contributed by atoms with Gasteiger partial charge in [0.15, 0.2) is 0 Å². The number of hydrogen-bond acceptors (Lipinski definition) is 3. The predicted molar refractivity (Wildman–Crippen MR) is 195 cm³/mol. The molecule has 0 saturated heterocycles. The summed E-state index contributed by atoms with van der Waals surface area (Å²) in [4.78, 5) is 0. The zero-order chi connectivity index (χ0) is 29.6. The maximum atomic E-state index is 6.88. The number of thiophene rings is 2. The molecule has 8 rings (SSSR count). The summed E-state index contributed by atoms with van der Waals surface area (Å²) >= 11 is 3.78. The van der Waals surface area contributed by atoms with Crippen molar-refractivity contribution in [2.45, 2.75) is 5.92 Å². The minimum Gasteiger partial charge on any atom is -0.398 e. The van der Waals surface area contributed by atoms with Crippen LogP contribution in [0.4, 0.5) is 5.69 Å². The van der Waals surface area contributed by atoms with Gasteiger partial charge in [0.1, 0.15) is 0 Å². The van der Waals surface area contributed by atoms with Crippen molar-refractivity contribution in [1.29, 1.82) is 0 Å². The normalized spacial score (nSPS) is 12.8. The van der Waals surface area contributed by atoms with E-state index in [2.05, 4.69) is 134 Å². The van der Waals surface area contributed by atoms with Crippen molar-refractivity contribution in [3.8, 4) is 11.1 Å². The van der Waals surface area contributed by atoms with Crippen LogP contribution < -0.4 is 5.73 Å². The summed E-state index contributed by atoms with van der Waals surface area (Å²) in [7, 11) is 0. The molecular formula is C41H29NS2. The Kier molecular flexibility index (Phi) is 6.63. The van der Waals surface area contributed by atoms with E-state index in [9.17, 15) is 0 Å². The number of nitrogens with two attached hydrogens (primary N) is 1. The van der Waals surface area contributed by atoms with Crippen molar-refractivity contribution in [3.63, 3.8) is 0 Å². The molecule has 1 unspecified atom stereocenters. The van der Waals surface area contributed by atoms with Crippen molar-refractivity contribution in [1.82, 2.24) is 0 Å².